The molecule has 1 aromatic heterocycles. The van der Waals surface area contributed by atoms with Gasteiger partial charge in [0.25, 0.3) is 5.91 Å². The summed E-state index contributed by atoms with van der Waals surface area (Å²) in [7, 11) is 0. The molecule has 0 unspecified atom stereocenters. The Balaban J connectivity index is 1.68. The fourth-order valence-electron chi connectivity index (χ4n) is 2.04. The Morgan fingerprint density at radius 1 is 1.00 bits per heavy atom. The van der Waals surface area contributed by atoms with E-state index in [4.69, 9.17) is 16.0 Å². The largest absolute Gasteiger partial charge is 0.455 e. The third kappa shape index (κ3) is 3.67. The fourth-order valence-corrected chi connectivity index (χ4v) is 2.27. The number of hydrogen-bond acceptors (Lipinski definition) is 3. The summed E-state index contributed by atoms with van der Waals surface area (Å²) in [6.07, 6.45) is 1.45. The van der Waals surface area contributed by atoms with E-state index in [0.717, 1.165) is 5.56 Å². The molecule has 0 fully saturated rings. The van der Waals surface area contributed by atoms with Gasteiger partial charge >= 0.3 is 0 Å². The topological polar surface area (TPSA) is 54.6 Å². The molecule has 114 valence electrons. The molecule has 0 atom stereocenters. The summed E-state index contributed by atoms with van der Waals surface area (Å²) in [5.74, 6) is 0.888. The number of carbonyl (C=O) groups excluding carboxylic acids is 1. The van der Waals surface area contributed by atoms with E-state index in [0.29, 0.717) is 22.1 Å². The zero-order valence-electron chi connectivity index (χ0n) is 12.1. The summed E-state index contributed by atoms with van der Waals surface area (Å²) >= 11 is 6.13. The summed E-state index contributed by atoms with van der Waals surface area (Å²) in [4.78, 5) is 11.8. The van der Waals surface area contributed by atoms with E-state index < -0.39 is 0 Å². The number of hydrogen-bond donors (Lipinski definition) is 1. The molecule has 0 aliphatic carbocycles. The molecule has 0 aliphatic rings. The fraction of sp³-hybridized carbons (Fsp3) is 0. The molecule has 2 aromatic carbocycles. The summed E-state index contributed by atoms with van der Waals surface area (Å²) < 4.78 is 5.65. The van der Waals surface area contributed by atoms with Crippen LogP contribution >= 0.6 is 11.6 Å². The lowest BCUT2D eigenvalue weighted by Crippen LogP contribution is -2.17. The molecule has 0 radical (unpaired) electrons. The van der Waals surface area contributed by atoms with Crippen molar-refractivity contribution in [1.29, 1.82) is 0 Å². The molecule has 1 amide bonds. The first kappa shape index (κ1) is 15.1. The minimum atomic E-state index is -0.278. The number of furan rings is 1. The van der Waals surface area contributed by atoms with E-state index in [9.17, 15) is 4.79 Å². The van der Waals surface area contributed by atoms with Gasteiger partial charge in [-0.3, -0.25) is 4.79 Å². The van der Waals surface area contributed by atoms with E-state index in [2.05, 4.69) is 10.5 Å². The minimum Gasteiger partial charge on any atom is -0.455 e. The number of hydrazone groups is 1. The molecule has 0 aliphatic heterocycles. The number of carbonyl (C=O) groups is 1. The maximum atomic E-state index is 11.8. The van der Waals surface area contributed by atoms with Crippen molar-refractivity contribution >= 4 is 23.7 Å². The second-order valence-corrected chi connectivity index (χ2v) is 5.15. The van der Waals surface area contributed by atoms with Crippen molar-refractivity contribution in [3.8, 4) is 11.3 Å². The molecule has 5 heteroatoms. The van der Waals surface area contributed by atoms with Crippen LogP contribution in [0.4, 0.5) is 0 Å². The van der Waals surface area contributed by atoms with Gasteiger partial charge in [0.1, 0.15) is 11.5 Å². The molecule has 3 rings (SSSR count). The summed E-state index contributed by atoms with van der Waals surface area (Å²) in [6, 6.07) is 19.8. The second-order valence-electron chi connectivity index (χ2n) is 4.75. The maximum absolute atomic E-state index is 11.8. The molecule has 0 bridgehead atoms. The first-order chi connectivity index (χ1) is 11.2. The first-order valence-electron chi connectivity index (χ1n) is 6.97. The molecule has 1 heterocycles. The van der Waals surface area contributed by atoms with Crippen molar-refractivity contribution in [2.75, 3.05) is 0 Å². The molecular weight excluding hydrogens is 312 g/mol. The Morgan fingerprint density at radius 3 is 2.52 bits per heavy atom. The van der Waals surface area contributed by atoms with E-state index in [1.54, 1.807) is 36.4 Å². The summed E-state index contributed by atoms with van der Waals surface area (Å²) in [6.45, 7) is 0. The van der Waals surface area contributed by atoms with Gasteiger partial charge in [-0.2, -0.15) is 5.10 Å². The molecule has 0 spiro atoms. The number of nitrogens with one attached hydrogen (secondary N) is 1. The Hall–Kier alpha value is -2.85. The van der Waals surface area contributed by atoms with Crippen LogP contribution in [0.5, 0.6) is 0 Å². The number of nitrogens with zero attached hydrogens (tertiary/aromatic N) is 1. The van der Waals surface area contributed by atoms with Crippen LogP contribution in [0.1, 0.15) is 16.1 Å². The van der Waals surface area contributed by atoms with Crippen LogP contribution in [0.25, 0.3) is 11.3 Å². The van der Waals surface area contributed by atoms with Gasteiger partial charge in [-0.1, -0.05) is 41.9 Å². The Kier molecular flexibility index (Phi) is 4.54. The van der Waals surface area contributed by atoms with Gasteiger partial charge in [0.05, 0.1) is 11.2 Å². The van der Waals surface area contributed by atoms with Crippen molar-refractivity contribution in [3.63, 3.8) is 0 Å². The number of rotatable bonds is 4. The van der Waals surface area contributed by atoms with Gasteiger partial charge < -0.3 is 4.42 Å². The molecule has 1 N–H and O–H groups in total. The van der Waals surface area contributed by atoms with Gasteiger partial charge in [-0.05, 0) is 36.4 Å². The summed E-state index contributed by atoms with van der Waals surface area (Å²) in [5.41, 5.74) is 3.80. The Bertz CT molecular complexity index is 841. The third-order valence-corrected chi connectivity index (χ3v) is 3.49. The molecule has 4 nitrogen and oxygen atoms in total. The van der Waals surface area contributed by atoms with E-state index in [1.165, 1.54) is 6.21 Å². The highest BCUT2D eigenvalue weighted by atomic mass is 35.5. The van der Waals surface area contributed by atoms with Crippen LogP contribution in [0.3, 0.4) is 0 Å². The maximum Gasteiger partial charge on any atom is 0.271 e. The Labute approximate surface area is 138 Å². The monoisotopic (exact) mass is 324 g/mol. The van der Waals surface area contributed by atoms with E-state index >= 15 is 0 Å². The van der Waals surface area contributed by atoms with Gasteiger partial charge in [0, 0.05) is 11.1 Å². The molecule has 0 saturated heterocycles. The number of benzene rings is 2. The minimum absolute atomic E-state index is 0.278. The lowest BCUT2D eigenvalue weighted by atomic mass is 10.2. The van der Waals surface area contributed by atoms with Gasteiger partial charge in [-0.15, -0.1) is 0 Å². The Morgan fingerprint density at radius 2 is 1.74 bits per heavy atom. The molecule has 0 saturated carbocycles. The van der Waals surface area contributed by atoms with Crippen molar-refractivity contribution < 1.29 is 9.21 Å². The van der Waals surface area contributed by atoms with Gasteiger partial charge in [-0.25, -0.2) is 5.43 Å². The smallest absolute Gasteiger partial charge is 0.271 e. The van der Waals surface area contributed by atoms with Crippen molar-refractivity contribution in [1.82, 2.24) is 5.43 Å². The first-order valence-corrected chi connectivity index (χ1v) is 7.35. The highest BCUT2D eigenvalue weighted by Crippen LogP contribution is 2.28. The van der Waals surface area contributed by atoms with Crippen LogP contribution in [0.15, 0.2) is 76.2 Å². The van der Waals surface area contributed by atoms with Crippen LogP contribution < -0.4 is 5.43 Å². The SMILES string of the molecule is O=C(N/N=C/c1ccc(-c2ccccc2Cl)o1)c1ccccc1. The highest BCUT2D eigenvalue weighted by Gasteiger charge is 2.07. The standard InChI is InChI=1S/C18H13ClN2O2/c19-16-9-5-4-8-15(16)17-11-10-14(23-17)12-20-21-18(22)13-6-2-1-3-7-13/h1-12H,(H,21,22)/b20-12+. The van der Waals surface area contributed by atoms with Gasteiger partial charge in [0.2, 0.25) is 0 Å². The molecule has 23 heavy (non-hydrogen) atoms. The van der Waals surface area contributed by atoms with Crippen molar-refractivity contribution in [3.05, 3.63) is 83.1 Å². The number of halogens is 1. The van der Waals surface area contributed by atoms with Crippen LogP contribution in [-0.2, 0) is 0 Å². The second kappa shape index (κ2) is 6.94. The van der Waals surface area contributed by atoms with Crippen molar-refractivity contribution in [2.45, 2.75) is 0 Å². The van der Waals surface area contributed by atoms with E-state index in [-0.39, 0.29) is 5.91 Å². The molecular formula is C18H13ClN2O2. The lowest BCUT2D eigenvalue weighted by molar-refractivity contribution is 0.0955. The molecule has 3 aromatic rings. The van der Waals surface area contributed by atoms with Crippen molar-refractivity contribution in [2.24, 2.45) is 5.10 Å². The van der Waals surface area contributed by atoms with Gasteiger partial charge in [0.15, 0.2) is 0 Å². The predicted octanol–water partition coefficient (Wildman–Crippen LogP) is 4.36. The summed E-state index contributed by atoms with van der Waals surface area (Å²) in [5, 5.41) is 4.51. The van der Waals surface area contributed by atoms with E-state index in [1.807, 2.05) is 30.3 Å². The zero-order valence-corrected chi connectivity index (χ0v) is 12.8. The normalized spacial score (nSPS) is 10.8. The van der Waals surface area contributed by atoms with Crippen LogP contribution in [-0.4, -0.2) is 12.1 Å². The highest BCUT2D eigenvalue weighted by molar-refractivity contribution is 6.33. The number of amides is 1. The lowest BCUT2D eigenvalue weighted by Gasteiger charge is -1.99. The quantitative estimate of drug-likeness (QED) is 0.572. The predicted molar refractivity (Wildman–Crippen MR) is 90.7 cm³/mol. The van der Waals surface area contributed by atoms with Crippen LogP contribution in [0, 0.1) is 0 Å². The average molecular weight is 325 g/mol. The average Bonchev–Trinajstić information content (AvgIpc) is 3.04. The zero-order chi connectivity index (χ0) is 16.1. The third-order valence-electron chi connectivity index (χ3n) is 3.16. The van der Waals surface area contributed by atoms with Crippen LogP contribution in [0.2, 0.25) is 5.02 Å².